The van der Waals surface area contributed by atoms with Gasteiger partial charge < -0.3 is 9.64 Å². The number of hydrogen-bond donors (Lipinski definition) is 1. The molecule has 0 saturated carbocycles. The second kappa shape index (κ2) is 8.47. The van der Waals surface area contributed by atoms with Crippen LogP contribution in [-0.4, -0.2) is 71.4 Å². The van der Waals surface area contributed by atoms with E-state index in [0.29, 0.717) is 24.4 Å². The Labute approximate surface area is 187 Å². The normalized spacial score (nSPS) is 23.2. The molecule has 2 fully saturated rings. The maximum atomic E-state index is 13.1. The zero-order valence-corrected chi connectivity index (χ0v) is 19.2. The number of primary sulfonamides is 1. The van der Waals surface area contributed by atoms with Crippen LogP contribution in [0.4, 0.5) is 5.69 Å². The highest BCUT2D eigenvalue weighted by Gasteiger charge is 2.49. The number of sulfone groups is 1. The first-order valence-corrected chi connectivity index (χ1v) is 13.5. The first kappa shape index (κ1) is 22.7. The average molecular weight is 480 g/mol. The summed E-state index contributed by atoms with van der Waals surface area (Å²) in [5.41, 5.74) is 1.50. The maximum absolute atomic E-state index is 13.1. The van der Waals surface area contributed by atoms with Crippen LogP contribution in [0, 0.1) is 0 Å². The number of nitrogens with two attached hydrogens (primary N) is 1. The summed E-state index contributed by atoms with van der Waals surface area (Å²) in [6.45, 7) is 0.576. The summed E-state index contributed by atoms with van der Waals surface area (Å²) in [5.74, 6) is 0.343. The Hall–Kier alpha value is -2.47. The van der Waals surface area contributed by atoms with Crippen LogP contribution < -0.4 is 14.8 Å². The number of hydrogen-bond acceptors (Lipinski definition) is 7. The molecule has 1 amide bonds. The molecule has 0 spiro atoms. The molecule has 0 aliphatic carbocycles. The highest BCUT2D eigenvalue weighted by atomic mass is 32.2. The Bertz CT molecular complexity index is 1230. The molecule has 2 atom stereocenters. The lowest BCUT2D eigenvalue weighted by atomic mass is 10.0. The second-order valence-electron chi connectivity index (χ2n) is 8.09. The third kappa shape index (κ3) is 4.65. The van der Waals surface area contributed by atoms with E-state index in [4.69, 9.17) is 9.88 Å². The van der Waals surface area contributed by atoms with Gasteiger partial charge in [-0.05, 0) is 36.2 Å². The lowest BCUT2D eigenvalue weighted by Gasteiger charge is -2.43. The average Bonchev–Trinajstić information content (AvgIpc) is 3.06. The van der Waals surface area contributed by atoms with Crippen LogP contribution in [-0.2, 0) is 31.1 Å². The van der Waals surface area contributed by atoms with Crippen LogP contribution in [0.1, 0.15) is 5.56 Å². The van der Waals surface area contributed by atoms with Crippen molar-refractivity contribution >= 4 is 31.5 Å². The molecule has 2 N–H and O–H groups in total. The van der Waals surface area contributed by atoms with E-state index in [2.05, 4.69) is 0 Å². The lowest BCUT2D eigenvalue weighted by molar-refractivity contribution is -0.123. The fourth-order valence-corrected chi connectivity index (χ4v) is 6.91. The van der Waals surface area contributed by atoms with E-state index >= 15 is 0 Å². The largest absolute Gasteiger partial charge is 0.497 e. The van der Waals surface area contributed by atoms with E-state index in [1.54, 1.807) is 41.3 Å². The molecule has 2 unspecified atom stereocenters. The van der Waals surface area contributed by atoms with Gasteiger partial charge in [0.15, 0.2) is 9.84 Å². The number of carbonyl (C=O) groups excluding carboxylic acids is 1. The van der Waals surface area contributed by atoms with Crippen LogP contribution in [0.15, 0.2) is 53.4 Å². The molecule has 11 heteroatoms. The third-order valence-electron chi connectivity index (χ3n) is 5.97. The van der Waals surface area contributed by atoms with Gasteiger partial charge in [-0.2, -0.15) is 0 Å². The lowest BCUT2D eigenvalue weighted by Crippen LogP contribution is -2.62. The van der Waals surface area contributed by atoms with Crippen molar-refractivity contribution in [3.63, 3.8) is 0 Å². The number of ether oxygens (including phenoxy) is 1. The van der Waals surface area contributed by atoms with Crippen molar-refractivity contribution in [2.45, 2.75) is 23.4 Å². The third-order valence-corrected chi connectivity index (χ3v) is 8.60. The van der Waals surface area contributed by atoms with E-state index in [-0.39, 0.29) is 34.9 Å². The van der Waals surface area contributed by atoms with Crippen molar-refractivity contribution in [2.24, 2.45) is 5.14 Å². The molecule has 2 saturated heterocycles. The fraction of sp³-hybridized carbons (Fsp3) is 0.381. The predicted molar refractivity (Wildman–Crippen MR) is 120 cm³/mol. The minimum atomic E-state index is -3.76. The van der Waals surface area contributed by atoms with Gasteiger partial charge in [0.1, 0.15) is 5.75 Å². The molecule has 2 aliphatic heterocycles. The van der Waals surface area contributed by atoms with Gasteiger partial charge in [0.25, 0.3) is 0 Å². The van der Waals surface area contributed by atoms with Crippen LogP contribution in [0.3, 0.4) is 0 Å². The van der Waals surface area contributed by atoms with Gasteiger partial charge in [-0.15, -0.1) is 0 Å². The van der Waals surface area contributed by atoms with Gasteiger partial charge in [-0.1, -0.05) is 18.2 Å². The van der Waals surface area contributed by atoms with Gasteiger partial charge in [-0.25, -0.2) is 22.0 Å². The van der Waals surface area contributed by atoms with Gasteiger partial charge in [0, 0.05) is 24.3 Å². The summed E-state index contributed by atoms with van der Waals surface area (Å²) in [5, 5.41) is 5.13. The molecule has 0 bridgehead atoms. The highest BCUT2D eigenvalue weighted by molar-refractivity contribution is 7.91. The summed E-state index contributed by atoms with van der Waals surface area (Å²) in [6.07, 6.45) is 0.542. The van der Waals surface area contributed by atoms with Crippen LogP contribution in [0.5, 0.6) is 5.75 Å². The Balaban J connectivity index is 1.55. The summed E-state index contributed by atoms with van der Waals surface area (Å²) < 4.78 is 53.1. The zero-order chi connectivity index (χ0) is 23.1. The van der Waals surface area contributed by atoms with Crippen molar-refractivity contribution in [3.8, 4) is 5.75 Å². The van der Waals surface area contributed by atoms with Crippen LogP contribution >= 0.6 is 0 Å². The van der Waals surface area contributed by atoms with Gasteiger partial charge in [0.2, 0.25) is 15.9 Å². The number of anilines is 1. The molecule has 0 aromatic heterocycles. The van der Waals surface area contributed by atoms with Crippen molar-refractivity contribution in [3.05, 3.63) is 54.1 Å². The molecule has 4 rings (SSSR count). The maximum Gasteiger partial charge on any atom is 0.241 e. The predicted octanol–water partition coefficient (Wildman–Crippen LogP) is 0.400. The van der Waals surface area contributed by atoms with Gasteiger partial charge in [0.05, 0.1) is 36.1 Å². The first-order chi connectivity index (χ1) is 15.1. The van der Waals surface area contributed by atoms with E-state index < -0.39 is 25.9 Å². The van der Waals surface area contributed by atoms with E-state index in [1.165, 1.54) is 19.2 Å². The second-order valence-corrected chi connectivity index (χ2v) is 11.8. The van der Waals surface area contributed by atoms with E-state index in [0.717, 1.165) is 5.56 Å². The minimum Gasteiger partial charge on any atom is -0.497 e. The Kier molecular flexibility index (Phi) is 6.01. The fourth-order valence-electron chi connectivity index (χ4n) is 4.42. The van der Waals surface area contributed by atoms with Gasteiger partial charge in [-0.3, -0.25) is 9.69 Å². The molecule has 2 aromatic carbocycles. The SMILES string of the molecule is COc1cccc(N2C(=O)CN(CCc3ccc(S(N)(=O)=O)cc3)C3CS(=O)(=O)CC32)c1. The number of rotatable bonds is 6. The first-order valence-electron chi connectivity index (χ1n) is 10.1. The molecular weight excluding hydrogens is 454 g/mol. The number of fused-ring (bicyclic) bond motifs is 1. The smallest absolute Gasteiger partial charge is 0.241 e. The number of nitrogens with zero attached hydrogens (tertiary/aromatic N) is 2. The molecule has 32 heavy (non-hydrogen) atoms. The zero-order valence-electron chi connectivity index (χ0n) is 17.5. The summed E-state index contributed by atoms with van der Waals surface area (Å²) >= 11 is 0. The molecule has 2 aliphatic rings. The molecule has 2 aromatic rings. The monoisotopic (exact) mass is 479 g/mol. The Morgan fingerprint density at radius 1 is 1.09 bits per heavy atom. The summed E-state index contributed by atoms with van der Waals surface area (Å²) in [4.78, 5) is 16.6. The highest BCUT2D eigenvalue weighted by Crippen LogP contribution is 2.33. The molecule has 9 nitrogen and oxygen atoms in total. The van der Waals surface area contributed by atoms with Gasteiger partial charge >= 0.3 is 0 Å². The standard InChI is InChI=1S/C21H25N3O6S2/c1-30-17-4-2-3-16(11-17)24-20-14-31(26,27)13-19(20)23(12-21(24)25)10-9-15-5-7-18(8-6-15)32(22,28)29/h2-8,11,19-20H,9-10,12-14H2,1H3,(H2,22,28,29). The van der Waals surface area contributed by atoms with E-state index in [9.17, 15) is 21.6 Å². The number of amides is 1. The Morgan fingerprint density at radius 2 is 1.78 bits per heavy atom. The van der Waals surface area contributed by atoms with Crippen molar-refractivity contribution in [1.82, 2.24) is 4.90 Å². The molecule has 0 radical (unpaired) electrons. The minimum absolute atomic E-state index is 0.00420. The quantitative estimate of drug-likeness (QED) is 0.635. The number of benzene rings is 2. The number of piperazine rings is 1. The summed E-state index contributed by atoms with van der Waals surface area (Å²) in [6, 6.07) is 12.5. The molecule has 172 valence electrons. The number of carbonyl (C=O) groups is 1. The number of methoxy groups -OCH3 is 1. The van der Waals surface area contributed by atoms with Crippen molar-refractivity contribution in [1.29, 1.82) is 0 Å². The van der Waals surface area contributed by atoms with Crippen LogP contribution in [0.25, 0.3) is 0 Å². The van der Waals surface area contributed by atoms with E-state index in [1.807, 2.05) is 4.90 Å². The Morgan fingerprint density at radius 3 is 2.44 bits per heavy atom. The topological polar surface area (TPSA) is 127 Å². The van der Waals surface area contributed by atoms with Crippen molar-refractivity contribution < 1.29 is 26.4 Å². The molecule has 2 heterocycles. The van der Waals surface area contributed by atoms with Crippen molar-refractivity contribution in [2.75, 3.05) is 36.6 Å². The molecular formula is C21H25N3O6S2. The summed E-state index contributed by atoms with van der Waals surface area (Å²) in [7, 11) is -5.52. The number of sulfonamides is 1. The van der Waals surface area contributed by atoms with Crippen LogP contribution in [0.2, 0.25) is 0 Å².